The number of fused-ring (bicyclic) bond motifs is 1. The van der Waals surface area contributed by atoms with Gasteiger partial charge in [0.25, 0.3) is 0 Å². The number of phenols is 1. The van der Waals surface area contributed by atoms with Gasteiger partial charge in [-0.25, -0.2) is 0 Å². The van der Waals surface area contributed by atoms with E-state index < -0.39 is 0 Å². The third-order valence-electron chi connectivity index (χ3n) is 4.73. The van der Waals surface area contributed by atoms with Gasteiger partial charge >= 0.3 is 0 Å². The van der Waals surface area contributed by atoms with Gasteiger partial charge < -0.3 is 9.84 Å². The molecule has 3 atom stereocenters. The summed E-state index contributed by atoms with van der Waals surface area (Å²) < 4.78 is 5.73. The van der Waals surface area contributed by atoms with Gasteiger partial charge in [-0.3, -0.25) is 4.90 Å². The number of phenolic OH excluding ortho intramolecular Hbond substituents is 1. The second-order valence-electron chi connectivity index (χ2n) is 6.14. The van der Waals surface area contributed by atoms with Crippen molar-refractivity contribution in [2.45, 2.75) is 44.7 Å². The molecular weight excluding hydrogens is 238 g/mol. The zero-order valence-corrected chi connectivity index (χ0v) is 11.8. The molecule has 1 aliphatic carbocycles. The van der Waals surface area contributed by atoms with Gasteiger partial charge in [-0.1, -0.05) is 19.8 Å². The van der Waals surface area contributed by atoms with Gasteiger partial charge in [0.2, 0.25) is 0 Å². The molecule has 104 valence electrons. The fourth-order valence-corrected chi connectivity index (χ4v) is 3.55. The van der Waals surface area contributed by atoms with E-state index in [-0.39, 0.29) is 5.75 Å². The van der Waals surface area contributed by atoms with Crippen LogP contribution in [-0.4, -0.2) is 29.7 Å². The first kappa shape index (κ1) is 12.8. The van der Waals surface area contributed by atoms with Crippen LogP contribution in [0.1, 0.15) is 44.2 Å². The SMILES string of the molecule is CC1CCCC(N(C)C2COc3cc(O)ccc32)C1. The van der Waals surface area contributed by atoms with Crippen LogP contribution < -0.4 is 4.74 Å². The first-order valence-corrected chi connectivity index (χ1v) is 7.33. The van der Waals surface area contributed by atoms with E-state index in [0.717, 1.165) is 11.7 Å². The maximum Gasteiger partial charge on any atom is 0.127 e. The predicted molar refractivity (Wildman–Crippen MR) is 75.5 cm³/mol. The lowest BCUT2D eigenvalue weighted by molar-refractivity contribution is 0.103. The van der Waals surface area contributed by atoms with Crippen molar-refractivity contribution in [2.24, 2.45) is 5.92 Å². The van der Waals surface area contributed by atoms with Crippen molar-refractivity contribution >= 4 is 0 Å². The highest BCUT2D eigenvalue weighted by atomic mass is 16.5. The van der Waals surface area contributed by atoms with E-state index >= 15 is 0 Å². The number of aromatic hydroxyl groups is 1. The summed E-state index contributed by atoms with van der Waals surface area (Å²) in [6.45, 7) is 3.07. The Kier molecular flexibility index (Phi) is 3.40. The Morgan fingerprint density at radius 2 is 2.16 bits per heavy atom. The Hall–Kier alpha value is -1.22. The Bertz CT molecular complexity index is 460. The summed E-state index contributed by atoms with van der Waals surface area (Å²) in [5, 5.41) is 9.51. The van der Waals surface area contributed by atoms with E-state index in [0.29, 0.717) is 18.7 Å². The van der Waals surface area contributed by atoms with Crippen LogP contribution in [0.5, 0.6) is 11.5 Å². The van der Waals surface area contributed by atoms with Gasteiger partial charge in [-0.15, -0.1) is 0 Å². The zero-order chi connectivity index (χ0) is 13.4. The molecule has 0 spiro atoms. The minimum Gasteiger partial charge on any atom is -0.508 e. The molecule has 0 radical (unpaired) electrons. The molecule has 0 aromatic heterocycles. The van der Waals surface area contributed by atoms with E-state index in [2.05, 4.69) is 18.9 Å². The summed E-state index contributed by atoms with van der Waals surface area (Å²) in [7, 11) is 2.22. The molecule has 1 N–H and O–H groups in total. The summed E-state index contributed by atoms with van der Waals surface area (Å²) in [6.07, 6.45) is 5.30. The van der Waals surface area contributed by atoms with E-state index in [1.807, 2.05) is 6.07 Å². The highest BCUT2D eigenvalue weighted by Gasteiger charge is 2.33. The molecule has 3 nitrogen and oxygen atoms in total. The van der Waals surface area contributed by atoms with Crippen LogP contribution in [0, 0.1) is 5.92 Å². The number of ether oxygens (including phenoxy) is 1. The smallest absolute Gasteiger partial charge is 0.127 e. The number of nitrogens with zero attached hydrogens (tertiary/aromatic N) is 1. The molecule has 3 rings (SSSR count). The lowest BCUT2D eigenvalue weighted by Gasteiger charge is -2.37. The fraction of sp³-hybridized carbons (Fsp3) is 0.625. The second kappa shape index (κ2) is 5.04. The van der Waals surface area contributed by atoms with Crippen molar-refractivity contribution in [2.75, 3.05) is 13.7 Å². The van der Waals surface area contributed by atoms with Crippen molar-refractivity contribution in [1.82, 2.24) is 4.90 Å². The van der Waals surface area contributed by atoms with Crippen LogP contribution in [0.15, 0.2) is 18.2 Å². The van der Waals surface area contributed by atoms with Crippen molar-refractivity contribution in [3.05, 3.63) is 23.8 Å². The minimum absolute atomic E-state index is 0.286. The van der Waals surface area contributed by atoms with Crippen LogP contribution in [0.2, 0.25) is 0 Å². The molecule has 3 heteroatoms. The maximum atomic E-state index is 9.51. The van der Waals surface area contributed by atoms with Crippen molar-refractivity contribution in [3.63, 3.8) is 0 Å². The fourth-order valence-electron chi connectivity index (χ4n) is 3.55. The summed E-state index contributed by atoms with van der Waals surface area (Å²) in [4.78, 5) is 2.48. The van der Waals surface area contributed by atoms with Gasteiger partial charge in [-0.05, 0) is 37.9 Å². The van der Waals surface area contributed by atoms with Crippen molar-refractivity contribution in [3.8, 4) is 11.5 Å². The maximum absolute atomic E-state index is 9.51. The molecule has 1 fully saturated rings. The summed E-state index contributed by atoms with van der Waals surface area (Å²) in [5.74, 6) is 1.97. The van der Waals surface area contributed by atoms with Crippen molar-refractivity contribution in [1.29, 1.82) is 0 Å². The van der Waals surface area contributed by atoms with Gasteiger partial charge in [0.1, 0.15) is 18.1 Å². The average Bonchev–Trinajstić information content (AvgIpc) is 2.80. The molecule has 0 saturated heterocycles. The topological polar surface area (TPSA) is 32.7 Å². The third-order valence-corrected chi connectivity index (χ3v) is 4.73. The summed E-state index contributed by atoms with van der Waals surface area (Å²) in [6, 6.07) is 6.50. The Labute approximate surface area is 115 Å². The molecule has 0 amide bonds. The molecule has 1 heterocycles. The standard InChI is InChI=1S/C16H23NO2/c1-11-4-3-5-12(8-11)17(2)15-10-19-16-9-13(18)6-7-14(15)16/h6-7,9,11-12,15,18H,3-5,8,10H2,1-2H3. The third kappa shape index (κ3) is 2.44. The van der Waals surface area contributed by atoms with E-state index in [9.17, 15) is 5.11 Å². The quantitative estimate of drug-likeness (QED) is 0.886. The number of benzene rings is 1. The van der Waals surface area contributed by atoms with Gasteiger partial charge in [0.05, 0.1) is 6.04 Å². The molecule has 1 aromatic carbocycles. The van der Waals surface area contributed by atoms with E-state index in [1.54, 1.807) is 12.1 Å². The Balaban J connectivity index is 1.77. The lowest BCUT2D eigenvalue weighted by Crippen LogP contribution is -2.38. The first-order valence-electron chi connectivity index (χ1n) is 7.33. The Morgan fingerprint density at radius 3 is 2.95 bits per heavy atom. The molecule has 3 unspecified atom stereocenters. The lowest BCUT2D eigenvalue weighted by atomic mass is 9.85. The molecule has 1 saturated carbocycles. The zero-order valence-electron chi connectivity index (χ0n) is 11.8. The van der Waals surface area contributed by atoms with Crippen LogP contribution in [0.4, 0.5) is 0 Å². The molecule has 19 heavy (non-hydrogen) atoms. The summed E-state index contributed by atoms with van der Waals surface area (Å²) >= 11 is 0. The largest absolute Gasteiger partial charge is 0.508 e. The molecule has 1 aliphatic heterocycles. The van der Waals surface area contributed by atoms with Gasteiger partial charge in [0.15, 0.2) is 0 Å². The summed E-state index contributed by atoms with van der Waals surface area (Å²) in [5.41, 5.74) is 1.22. The van der Waals surface area contributed by atoms with Crippen LogP contribution >= 0.6 is 0 Å². The molecule has 1 aromatic rings. The van der Waals surface area contributed by atoms with E-state index in [1.165, 1.54) is 31.2 Å². The highest BCUT2D eigenvalue weighted by Crippen LogP contribution is 2.40. The number of hydrogen-bond acceptors (Lipinski definition) is 3. The molecule has 0 bridgehead atoms. The number of likely N-dealkylation sites (N-methyl/N-ethyl adjacent to an activating group) is 1. The van der Waals surface area contributed by atoms with Gasteiger partial charge in [0, 0.05) is 17.7 Å². The second-order valence-corrected chi connectivity index (χ2v) is 6.14. The predicted octanol–water partition coefficient (Wildman–Crippen LogP) is 3.34. The minimum atomic E-state index is 0.286. The van der Waals surface area contributed by atoms with Crippen LogP contribution in [0.25, 0.3) is 0 Å². The van der Waals surface area contributed by atoms with Crippen LogP contribution in [-0.2, 0) is 0 Å². The number of hydrogen-bond donors (Lipinski definition) is 1. The van der Waals surface area contributed by atoms with Gasteiger partial charge in [-0.2, -0.15) is 0 Å². The first-order chi connectivity index (χ1) is 9.15. The van der Waals surface area contributed by atoms with Crippen LogP contribution in [0.3, 0.4) is 0 Å². The van der Waals surface area contributed by atoms with Crippen molar-refractivity contribution < 1.29 is 9.84 Å². The molecule has 2 aliphatic rings. The Morgan fingerprint density at radius 1 is 1.32 bits per heavy atom. The monoisotopic (exact) mass is 261 g/mol. The normalized spacial score (nSPS) is 30.2. The molecular formula is C16H23NO2. The van der Waals surface area contributed by atoms with E-state index in [4.69, 9.17) is 4.74 Å². The highest BCUT2D eigenvalue weighted by molar-refractivity contribution is 5.44. The average molecular weight is 261 g/mol. The number of rotatable bonds is 2.